The van der Waals surface area contributed by atoms with Crippen molar-refractivity contribution < 1.29 is 4.79 Å². The molecule has 1 aromatic rings. The first kappa shape index (κ1) is 26.6. The molecular formula is C21H40IN7O. The van der Waals surface area contributed by atoms with E-state index in [0.29, 0.717) is 18.5 Å². The van der Waals surface area contributed by atoms with Crippen LogP contribution in [0.3, 0.4) is 0 Å². The van der Waals surface area contributed by atoms with Gasteiger partial charge in [0.25, 0.3) is 0 Å². The number of nitrogens with one attached hydrogen (secondary N) is 2. The third-order valence-corrected chi connectivity index (χ3v) is 5.87. The minimum absolute atomic E-state index is 0. The number of guanidine groups is 1. The molecule has 2 rings (SSSR count). The SMILES string of the molecule is CCCCNC(=NCc1nnc(C)n1C)NC1CCN(C(=O)C(CC)CC)CC1.I. The number of aryl methyl sites for hydroxylation is 1. The van der Waals surface area contributed by atoms with E-state index in [2.05, 4.69) is 41.6 Å². The van der Waals surface area contributed by atoms with Crippen LogP contribution in [-0.4, -0.2) is 57.2 Å². The smallest absolute Gasteiger partial charge is 0.225 e. The summed E-state index contributed by atoms with van der Waals surface area (Å²) in [5.41, 5.74) is 0. The fraction of sp³-hybridized carbons (Fsp3) is 0.810. The number of piperidine rings is 1. The third kappa shape index (κ3) is 7.70. The second-order valence-corrected chi connectivity index (χ2v) is 7.92. The van der Waals surface area contributed by atoms with Crippen LogP contribution >= 0.6 is 24.0 Å². The number of hydrogen-bond acceptors (Lipinski definition) is 4. The molecule has 0 saturated carbocycles. The Morgan fingerprint density at radius 3 is 2.40 bits per heavy atom. The molecule has 9 heteroatoms. The summed E-state index contributed by atoms with van der Waals surface area (Å²) in [4.78, 5) is 19.4. The predicted molar refractivity (Wildman–Crippen MR) is 132 cm³/mol. The van der Waals surface area contributed by atoms with E-state index in [1.807, 2.05) is 23.4 Å². The first-order valence-electron chi connectivity index (χ1n) is 11.2. The number of aliphatic imine (C=N–C) groups is 1. The molecule has 1 fully saturated rings. The molecule has 30 heavy (non-hydrogen) atoms. The van der Waals surface area contributed by atoms with Gasteiger partial charge < -0.3 is 20.1 Å². The van der Waals surface area contributed by atoms with E-state index in [9.17, 15) is 4.79 Å². The second kappa shape index (κ2) is 13.8. The lowest BCUT2D eigenvalue weighted by Crippen LogP contribution is -2.50. The highest BCUT2D eigenvalue weighted by molar-refractivity contribution is 14.0. The average Bonchev–Trinajstić information content (AvgIpc) is 3.05. The molecule has 0 atom stereocenters. The average molecular weight is 534 g/mol. The molecule has 1 aliphatic heterocycles. The van der Waals surface area contributed by atoms with Crippen molar-refractivity contribution in [3.63, 3.8) is 0 Å². The second-order valence-electron chi connectivity index (χ2n) is 7.92. The molecule has 1 saturated heterocycles. The number of hydrogen-bond donors (Lipinski definition) is 2. The molecule has 0 radical (unpaired) electrons. The first-order valence-corrected chi connectivity index (χ1v) is 11.2. The lowest BCUT2D eigenvalue weighted by atomic mass is 9.98. The molecule has 0 bridgehead atoms. The zero-order chi connectivity index (χ0) is 21.2. The Morgan fingerprint density at radius 2 is 1.87 bits per heavy atom. The van der Waals surface area contributed by atoms with Crippen LogP contribution in [0, 0.1) is 12.8 Å². The van der Waals surface area contributed by atoms with Crippen LogP contribution in [0.2, 0.25) is 0 Å². The summed E-state index contributed by atoms with van der Waals surface area (Å²) in [6.07, 6.45) is 5.98. The van der Waals surface area contributed by atoms with Crippen LogP contribution in [0.5, 0.6) is 0 Å². The summed E-state index contributed by atoms with van der Waals surface area (Å²) in [6, 6.07) is 0.329. The quantitative estimate of drug-likeness (QED) is 0.221. The zero-order valence-corrected chi connectivity index (χ0v) is 21.6. The van der Waals surface area contributed by atoms with Crippen LogP contribution < -0.4 is 10.6 Å². The molecule has 0 aliphatic carbocycles. The number of amides is 1. The topological polar surface area (TPSA) is 87.4 Å². The van der Waals surface area contributed by atoms with E-state index in [4.69, 9.17) is 4.99 Å². The minimum atomic E-state index is 0. The van der Waals surface area contributed by atoms with Gasteiger partial charge in [-0.2, -0.15) is 0 Å². The number of halogens is 1. The lowest BCUT2D eigenvalue weighted by molar-refractivity contribution is -0.136. The van der Waals surface area contributed by atoms with Gasteiger partial charge in [0.15, 0.2) is 11.8 Å². The predicted octanol–water partition coefficient (Wildman–Crippen LogP) is 3.00. The van der Waals surface area contributed by atoms with Crippen molar-refractivity contribution in [3.05, 3.63) is 11.6 Å². The van der Waals surface area contributed by atoms with Gasteiger partial charge in [-0.1, -0.05) is 27.2 Å². The van der Waals surface area contributed by atoms with E-state index in [1.165, 1.54) is 0 Å². The molecule has 8 nitrogen and oxygen atoms in total. The van der Waals surface area contributed by atoms with Gasteiger partial charge in [0.2, 0.25) is 5.91 Å². The van der Waals surface area contributed by atoms with Crippen LogP contribution in [0.15, 0.2) is 4.99 Å². The summed E-state index contributed by atoms with van der Waals surface area (Å²) in [6.45, 7) is 11.3. The Bertz CT molecular complexity index is 664. The van der Waals surface area contributed by atoms with Crippen LogP contribution in [0.1, 0.15) is 70.9 Å². The van der Waals surface area contributed by atoms with Gasteiger partial charge in [0.05, 0.1) is 0 Å². The van der Waals surface area contributed by atoms with Crippen molar-refractivity contribution in [2.45, 2.75) is 78.8 Å². The van der Waals surface area contributed by atoms with Crippen molar-refractivity contribution in [2.75, 3.05) is 19.6 Å². The molecule has 0 unspecified atom stereocenters. The summed E-state index contributed by atoms with van der Waals surface area (Å²) in [5.74, 6) is 3.05. The van der Waals surface area contributed by atoms with Crippen LogP contribution in [0.4, 0.5) is 0 Å². The first-order chi connectivity index (χ1) is 14.0. The summed E-state index contributed by atoms with van der Waals surface area (Å²) in [7, 11) is 1.96. The largest absolute Gasteiger partial charge is 0.356 e. The minimum Gasteiger partial charge on any atom is -0.356 e. The molecule has 1 aliphatic rings. The lowest BCUT2D eigenvalue weighted by Gasteiger charge is -2.35. The molecule has 1 amide bonds. The van der Waals surface area contributed by atoms with Crippen molar-refractivity contribution in [1.29, 1.82) is 0 Å². The maximum Gasteiger partial charge on any atom is 0.225 e. The molecule has 2 heterocycles. The normalized spacial score (nSPS) is 15.3. The van der Waals surface area contributed by atoms with Crippen LogP contribution in [0.25, 0.3) is 0 Å². The van der Waals surface area contributed by atoms with Gasteiger partial charge >= 0.3 is 0 Å². The zero-order valence-electron chi connectivity index (χ0n) is 19.3. The molecular weight excluding hydrogens is 493 g/mol. The van der Waals surface area contributed by atoms with Crippen LogP contribution in [-0.2, 0) is 18.4 Å². The van der Waals surface area contributed by atoms with Gasteiger partial charge in [0.1, 0.15) is 12.4 Å². The van der Waals surface area contributed by atoms with E-state index in [1.54, 1.807) is 0 Å². The Morgan fingerprint density at radius 1 is 1.20 bits per heavy atom. The fourth-order valence-electron chi connectivity index (χ4n) is 3.61. The van der Waals surface area contributed by atoms with Gasteiger partial charge in [-0.15, -0.1) is 34.2 Å². The fourth-order valence-corrected chi connectivity index (χ4v) is 3.61. The maximum atomic E-state index is 12.6. The van der Waals surface area contributed by atoms with E-state index in [0.717, 1.165) is 75.8 Å². The number of unbranched alkanes of at least 4 members (excludes halogenated alkanes) is 1. The Kier molecular flexibility index (Phi) is 12.3. The van der Waals surface area contributed by atoms with Gasteiger partial charge in [-0.25, -0.2) is 4.99 Å². The number of carbonyl (C=O) groups is 1. The van der Waals surface area contributed by atoms with E-state index in [-0.39, 0.29) is 29.9 Å². The summed E-state index contributed by atoms with van der Waals surface area (Å²) >= 11 is 0. The molecule has 0 spiro atoms. The standard InChI is InChI=1S/C21H39N7O.HI/c1-6-9-12-22-21(23-15-19-26-25-16(4)27(19)5)24-18-10-13-28(14-11-18)20(29)17(7-2)8-3;/h17-18H,6-15H2,1-5H3,(H2,22,23,24);1H. The third-order valence-electron chi connectivity index (χ3n) is 5.87. The van der Waals surface area contributed by atoms with Crippen molar-refractivity contribution in [1.82, 2.24) is 30.3 Å². The maximum absolute atomic E-state index is 12.6. The van der Waals surface area contributed by atoms with Crippen molar-refractivity contribution in [2.24, 2.45) is 18.0 Å². The van der Waals surface area contributed by atoms with E-state index < -0.39 is 0 Å². The molecule has 172 valence electrons. The van der Waals surface area contributed by atoms with Gasteiger partial charge in [-0.05, 0) is 39.0 Å². The number of likely N-dealkylation sites (tertiary alicyclic amines) is 1. The Balaban J connectivity index is 0.00000450. The molecule has 2 N–H and O–H groups in total. The Hall–Kier alpha value is -1.39. The molecule has 0 aromatic carbocycles. The highest BCUT2D eigenvalue weighted by atomic mass is 127. The van der Waals surface area contributed by atoms with Crippen molar-refractivity contribution in [3.8, 4) is 0 Å². The molecule has 1 aromatic heterocycles. The number of carbonyl (C=O) groups excluding carboxylic acids is 1. The summed E-state index contributed by atoms with van der Waals surface area (Å²) in [5, 5.41) is 15.3. The Labute approximate surface area is 198 Å². The highest BCUT2D eigenvalue weighted by Crippen LogP contribution is 2.17. The number of rotatable bonds is 9. The number of nitrogens with zero attached hydrogens (tertiary/aromatic N) is 5. The van der Waals surface area contributed by atoms with Gasteiger partial charge in [0, 0.05) is 38.6 Å². The van der Waals surface area contributed by atoms with Gasteiger partial charge in [-0.3, -0.25) is 4.79 Å². The van der Waals surface area contributed by atoms with Crippen molar-refractivity contribution >= 4 is 35.8 Å². The number of aromatic nitrogens is 3. The highest BCUT2D eigenvalue weighted by Gasteiger charge is 2.26. The summed E-state index contributed by atoms with van der Waals surface area (Å²) < 4.78 is 1.97. The van der Waals surface area contributed by atoms with E-state index >= 15 is 0 Å². The monoisotopic (exact) mass is 533 g/mol.